The smallest absolute Gasteiger partial charge is 0.124 e. The quantitative estimate of drug-likeness (QED) is 0.933. The third kappa shape index (κ3) is 3.78. The van der Waals surface area contributed by atoms with Gasteiger partial charge in [0.05, 0.1) is 0 Å². The van der Waals surface area contributed by atoms with Crippen molar-refractivity contribution in [2.75, 3.05) is 0 Å². The van der Waals surface area contributed by atoms with Crippen molar-refractivity contribution in [1.29, 1.82) is 0 Å². The van der Waals surface area contributed by atoms with Gasteiger partial charge in [0.1, 0.15) is 12.4 Å². The summed E-state index contributed by atoms with van der Waals surface area (Å²) in [6, 6.07) is 8.04. The molecule has 0 saturated carbocycles. The fourth-order valence-corrected chi connectivity index (χ4v) is 2.25. The first kappa shape index (κ1) is 14.0. The molecule has 0 bridgehead atoms. The topological polar surface area (TPSA) is 48.1 Å². The van der Waals surface area contributed by atoms with Crippen LogP contribution >= 0.6 is 15.9 Å². The molecular formula is C15H17BrN2O. The van der Waals surface area contributed by atoms with Crippen LogP contribution in [-0.4, -0.2) is 4.98 Å². The Labute approximate surface area is 121 Å². The maximum atomic E-state index is 5.96. The van der Waals surface area contributed by atoms with Crippen molar-refractivity contribution in [3.63, 3.8) is 0 Å². The highest BCUT2D eigenvalue weighted by molar-refractivity contribution is 9.10. The summed E-state index contributed by atoms with van der Waals surface area (Å²) in [5.74, 6) is 0.843. The van der Waals surface area contributed by atoms with Crippen LogP contribution in [-0.2, 0) is 6.61 Å². The highest BCUT2D eigenvalue weighted by atomic mass is 79.9. The van der Waals surface area contributed by atoms with Gasteiger partial charge in [-0.15, -0.1) is 0 Å². The molecule has 1 atom stereocenters. The Balaban J connectivity index is 2.17. The Bertz CT molecular complexity index is 570. The van der Waals surface area contributed by atoms with E-state index in [-0.39, 0.29) is 6.04 Å². The number of rotatable bonds is 4. The number of hydrogen-bond donors (Lipinski definition) is 1. The van der Waals surface area contributed by atoms with E-state index in [2.05, 4.69) is 20.9 Å². The lowest BCUT2D eigenvalue weighted by Gasteiger charge is -2.14. The number of nitrogens with zero attached hydrogens (tertiary/aromatic N) is 1. The van der Waals surface area contributed by atoms with Gasteiger partial charge in [-0.3, -0.25) is 4.98 Å². The highest BCUT2D eigenvalue weighted by Gasteiger charge is 2.08. The number of pyridine rings is 1. The molecule has 0 aliphatic rings. The molecule has 0 saturated heterocycles. The summed E-state index contributed by atoms with van der Waals surface area (Å²) in [6.07, 6.45) is 3.55. The summed E-state index contributed by atoms with van der Waals surface area (Å²) in [5.41, 5.74) is 9.16. The van der Waals surface area contributed by atoms with E-state index in [0.717, 1.165) is 26.9 Å². The molecule has 19 heavy (non-hydrogen) atoms. The van der Waals surface area contributed by atoms with Crippen LogP contribution in [0.2, 0.25) is 0 Å². The van der Waals surface area contributed by atoms with E-state index in [1.807, 2.05) is 38.1 Å². The van der Waals surface area contributed by atoms with Gasteiger partial charge >= 0.3 is 0 Å². The molecule has 2 rings (SSSR count). The van der Waals surface area contributed by atoms with Crippen LogP contribution in [0.1, 0.15) is 29.7 Å². The number of hydrogen-bond acceptors (Lipinski definition) is 3. The van der Waals surface area contributed by atoms with E-state index in [1.54, 1.807) is 12.4 Å². The Kier molecular flexibility index (Phi) is 4.56. The second kappa shape index (κ2) is 6.17. The third-order valence-electron chi connectivity index (χ3n) is 2.82. The largest absolute Gasteiger partial charge is 0.488 e. The number of halogens is 1. The minimum absolute atomic E-state index is 0.0452. The minimum atomic E-state index is -0.0452. The second-order valence-electron chi connectivity index (χ2n) is 4.63. The summed E-state index contributed by atoms with van der Waals surface area (Å²) in [5, 5.41) is 0. The molecule has 0 amide bonds. The fourth-order valence-electron chi connectivity index (χ4n) is 1.84. The van der Waals surface area contributed by atoms with Crippen molar-refractivity contribution in [2.45, 2.75) is 26.5 Å². The monoisotopic (exact) mass is 320 g/mol. The van der Waals surface area contributed by atoms with Gasteiger partial charge < -0.3 is 10.5 Å². The van der Waals surface area contributed by atoms with E-state index in [9.17, 15) is 0 Å². The normalized spacial score (nSPS) is 12.2. The van der Waals surface area contributed by atoms with Gasteiger partial charge in [0.25, 0.3) is 0 Å². The number of aryl methyl sites for hydroxylation is 1. The number of aromatic nitrogens is 1. The number of ether oxygens (including phenoxy) is 1. The molecule has 1 aromatic carbocycles. The third-order valence-corrected chi connectivity index (χ3v) is 3.25. The van der Waals surface area contributed by atoms with Gasteiger partial charge in [0, 0.05) is 34.0 Å². The number of nitrogens with two attached hydrogens (primary N) is 1. The van der Waals surface area contributed by atoms with Crippen molar-refractivity contribution < 1.29 is 4.74 Å². The van der Waals surface area contributed by atoms with Crippen LogP contribution in [0.15, 0.2) is 41.1 Å². The Morgan fingerprint density at radius 3 is 2.79 bits per heavy atom. The maximum Gasteiger partial charge on any atom is 0.124 e. The van der Waals surface area contributed by atoms with Crippen LogP contribution in [0.25, 0.3) is 0 Å². The van der Waals surface area contributed by atoms with E-state index >= 15 is 0 Å². The van der Waals surface area contributed by atoms with E-state index in [4.69, 9.17) is 10.5 Å². The molecule has 4 heteroatoms. The van der Waals surface area contributed by atoms with Crippen molar-refractivity contribution >= 4 is 15.9 Å². The van der Waals surface area contributed by atoms with Crippen LogP contribution in [0.3, 0.4) is 0 Å². The predicted octanol–water partition coefficient (Wildman–Crippen LogP) is 3.75. The van der Waals surface area contributed by atoms with Crippen LogP contribution < -0.4 is 10.5 Å². The first-order valence-corrected chi connectivity index (χ1v) is 6.94. The predicted molar refractivity (Wildman–Crippen MR) is 80.1 cm³/mol. The lowest BCUT2D eigenvalue weighted by molar-refractivity contribution is 0.301. The summed E-state index contributed by atoms with van der Waals surface area (Å²) in [6.45, 7) is 4.48. The Morgan fingerprint density at radius 1 is 1.32 bits per heavy atom. The molecule has 1 heterocycles. The average Bonchev–Trinajstić information content (AvgIpc) is 2.36. The Morgan fingerprint density at radius 2 is 2.11 bits per heavy atom. The number of benzene rings is 1. The second-order valence-corrected chi connectivity index (χ2v) is 5.55. The molecule has 0 spiro atoms. The maximum absolute atomic E-state index is 5.96. The van der Waals surface area contributed by atoms with Gasteiger partial charge in [0.2, 0.25) is 0 Å². The van der Waals surface area contributed by atoms with E-state index in [1.165, 1.54) is 0 Å². The molecule has 1 aromatic heterocycles. The van der Waals surface area contributed by atoms with Gasteiger partial charge in [0.15, 0.2) is 0 Å². The van der Waals surface area contributed by atoms with Crippen LogP contribution in [0, 0.1) is 6.92 Å². The molecule has 0 fully saturated rings. The zero-order chi connectivity index (χ0) is 13.8. The van der Waals surface area contributed by atoms with Gasteiger partial charge in [-0.2, -0.15) is 0 Å². The lowest BCUT2D eigenvalue weighted by Crippen LogP contribution is -2.08. The average molecular weight is 321 g/mol. The van der Waals surface area contributed by atoms with Crippen LogP contribution in [0.4, 0.5) is 0 Å². The zero-order valence-electron chi connectivity index (χ0n) is 11.1. The Hall–Kier alpha value is -1.39. The van der Waals surface area contributed by atoms with Gasteiger partial charge in [-0.1, -0.05) is 12.1 Å². The van der Waals surface area contributed by atoms with Crippen molar-refractivity contribution in [3.8, 4) is 5.75 Å². The van der Waals surface area contributed by atoms with Crippen molar-refractivity contribution in [3.05, 3.63) is 57.8 Å². The summed E-state index contributed by atoms with van der Waals surface area (Å²) >= 11 is 3.40. The zero-order valence-corrected chi connectivity index (χ0v) is 12.6. The minimum Gasteiger partial charge on any atom is -0.488 e. The van der Waals surface area contributed by atoms with Gasteiger partial charge in [-0.25, -0.2) is 0 Å². The molecule has 2 aromatic rings. The molecule has 2 N–H and O–H groups in total. The van der Waals surface area contributed by atoms with Crippen molar-refractivity contribution in [1.82, 2.24) is 4.98 Å². The molecule has 0 aliphatic heterocycles. The first-order chi connectivity index (χ1) is 9.06. The molecular weight excluding hydrogens is 304 g/mol. The van der Waals surface area contributed by atoms with Crippen molar-refractivity contribution in [2.24, 2.45) is 5.73 Å². The summed E-state index contributed by atoms with van der Waals surface area (Å²) in [4.78, 5) is 4.12. The first-order valence-electron chi connectivity index (χ1n) is 6.14. The highest BCUT2D eigenvalue weighted by Crippen LogP contribution is 2.26. The summed E-state index contributed by atoms with van der Waals surface area (Å²) in [7, 11) is 0. The molecule has 0 aliphatic carbocycles. The molecule has 0 unspecified atom stereocenters. The van der Waals surface area contributed by atoms with E-state index < -0.39 is 0 Å². The SMILES string of the molecule is Cc1ccc([C@H](C)N)c(OCc2cncc(Br)c2)c1. The van der Waals surface area contributed by atoms with E-state index in [0.29, 0.717) is 6.61 Å². The lowest BCUT2D eigenvalue weighted by atomic mass is 10.1. The summed E-state index contributed by atoms with van der Waals surface area (Å²) < 4.78 is 6.83. The molecule has 3 nitrogen and oxygen atoms in total. The standard InChI is InChI=1S/C15H17BrN2O/c1-10-3-4-14(11(2)17)15(5-10)19-9-12-6-13(16)8-18-7-12/h3-8,11H,9,17H2,1-2H3/t11-/m0/s1. The molecule has 100 valence electrons. The molecule has 0 radical (unpaired) electrons. The van der Waals surface area contributed by atoms with Gasteiger partial charge in [-0.05, 0) is 47.5 Å². The van der Waals surface area contributed by atoms with Crippen LogP contribution in [0.5, 0.6) is 5.75 Å². The fraction of sp³-hybridized carbons (Fsp3) is 0.267.